The number of rotatable bonds is 0. The zero-order chi connectivity index (χ0) is 16.5. The fourth-order valence-corrected chi connectivity index (χ4v) is 0.274. The Morgan fingerprint density at radius 2 is 0.762 bits per heavy atom. The quantitative estimate of drug-likeness (QED) is 0.592. The van der Waals surface area contributed by atoms with Gasteiger partial charge >= 0.3 is 0 Å². The Balaban J connectivity index is -0.0000000568. The summed E-state index contributed by atoms with van der Waals surface area (Å²) in [6.45, 7) is 3.42. The zero-order valence-electron chi connectivity index (χ0n) is 11.5. The molecule has 0 atom stereocenters. The third-order valence-corrected chi connectivity index (χ3v) is 0.726. The highest BCUT2D eigenvalue weighted by Gasteiger charge is 1.45. The Bertz CT molecular complexity index is 635. The predicted octanol–water partition coefficient (Wildman–Crippen LogP) is 2.43. The van der Waals surface area contributed by atoms with Crippen molar-refractivity contribution in [1.82, 2.24) is 0 Å². The van der Waals surface area contributed by atoms with Gasteiger partial charge in [0.05, 0.1) is 0 Å². The Morgan fingerprint density at radius 1 is 0.476 bits per heavy atom. The molecule has 0 N–H and O–H groups in total. The molecule has 0 heteroatoms. The van der Waals surface area contributed by atoms with Crippen molar-refractivity contribution in [3.8, 4) is 110 Å². The van der Waals surface area contributed by atoms with Crippen molar-refractivity contribution < 1.29 is 0 Å². The normalized spacial score (nSPS) is 2.86. The molecule has 0 amide bonds. The standard InChI is InChI=1S/C7H4.C6H2.C5H4.C2H2.CH4/c1-3-5-7-6-4-2;1-3-5-6-4-2;1-3-5-4-2;1-2;/h1H,2H3;1-2H;1H,2H3;1-2H;1H4. The molecule has 0 bridgehead atoms. The molecule has 0 aliphatic carbocycles. The lowest BCUT2D eigenvalue weighted by Gasteiger charge is -1.49. The van der Waals surface area contributed by atoms with Crippen molar-refractivity contribution in [2.45, 2.75) is 21.3 Å². The molecule has 0 radical (unpaired) electrons. The molecule has 0 spiro atoms. The van der Waals surface area contributed by atoms with Crippen LogP contribution in [0.1, 0.15) is 21.3 Å². The Labute approximate surface area is 131 Å². The van der Waals surface area contributed by atoms with E-state index < -0.39 is 0 Å². The summed E-state index contributed by atoms with van der Waals surface area (Å²) >= 11 is 0. The third-order valence-electron chi connectivity index (χ3n) is 0.726. The third kappa shape index (κ3) is 124. The van der Waals surface area contributed by atoms with Crippen molar-refractivity contribution in [1.29, 1.82) is 0 Å². The largest absolute Gasteiger partial charge is 0.124 e. The maximum Gasteiger partial charge on any atom is -0.00108 e. The van der Waals surface area contributed by atoms with Gasteiger partial charge < -0.3 is 0 Å². The minimum Gasteiger partial charge on any atom is -0.124 e. The van der Waals surface area contributed by atoms with E-state index >= 15 is 0 Å². The van der Waals surface area contributed by atoms with Crippen molar-refractivity contribution in [3.63, 3.8) is 0 Å². The highest BCUT2D eigenvalue weighted by atomic mass is 13.5. The van der Waals surface area contributed by atoms with Crippen molar-refractivity contribution >= 4 is 0 Å². The van der Waals surface area contributed by atoms with E-state index in [9.17, 15) is 0 Å². The lowest BCUT2D eigenvalue weighted by atomic mass is 10.5. The molecule has 0 rings (SSSR count). The average molecular weight is 268 g/mol. The molecule has 0 aromatic rings. The predicted molar refractivity (Wildman–Crippen MR) is 94.4 cm³/mol. The molecule has 100 valence electrons. The number of hydrogen-bond donors (Lipinski definition) is 0. The molecule has 0 aliphatic heterocycles. The van der Waals surface area contributed by atoms with E-state index in [1.54, 1.807) is 13.8 Å². The summed E-state index contributed by atoms with van der Waals surface area (Å²) in [5.74, 6) is 27.7. The lowest BCUT2D eigenvalue weighted by Crippen LogP contribution is -1.46. The van der Waals surface area contributed by atoms with E-state index in [0.717, 1.165) is 0 Å². The minimum absolute atomic E-state index is 0. The molecule has 0 aliphatic rings. The van der Waals surface area contributed by atoms with Gasteiger partial charge in [0.25, 0.3) is 0 Å². The lowest BCUT2D eigenvalue weighted by molar-refractivity contribution is 1.92. The van der Waals surface area contributed by atoms with Gasteiger partial charge in [-0.15, -0.1) is 38.5 Å². The van der Waals surface area contributed by atoms with Crippen LogP contribution in [0.2, 0.25) is 0 Å². The maximum atomic E-state index is 4.78. The first-order valence-electron chi connectivity index (χ1n) is 4.74. The van der Waals surface area contributed by atoms with Gasteiger partial charge in [-0.3, -0.25) is 0 Å². The van der Waals surface area contributed by atoms with Crippen molar-refractivity contribution in [2.75, 3.05) is 0 Å². The Kier molecular flexibility index (Phi) is 80.8. The van der Waals surface area contributed by atoms with E-state index in [2.05, 4.69) is 83.9 Å². The topological polar surface area (TPSA) is 0 Å². The molecule has 21 heavy (non-hydrogen) atoms. The molecule has 0 unspecified atom stereocenters. The van der Waals surface area contributed by atoms with E-state index in [-0.39, 0.29) is 7.43 Å². The smallest absolute Gasteiger partial charge is 0.00108 e. The van der Waals surface area contributed by atoms with Gasteiger partial charge in [0.2, 0.25) is 0 Å². The van der Waals surface area contributed by atoms with E-state index in [4.69, 9.17) is 25.7 Å². The van der Waals surface area contributed by atoms with Crippen molar-refractivity contribution in [3.05, 3.63) is 0 Å². The second-order valence-corrected chi connectivity index (χ2v) is 1.83. The molecule has 0 nitrogen and oxygen atoms in total. The molecular weight excluding hydrogens is 252 g/mol. The molecule has 0 heterocycles. The summed E-state index contributed by atoms with van der Waals surface area (Å²) < 4.78 is 0. The first-order valence-corrected chi connectivity index (χ1v) is 4.74. The van der Waals surface area contributed by atoms with E-state index in [1.807, 2.05) is 0 Å². The van der Waals surface area contributed by atoms with Crippen LogP contribution in [-0.4, -0.2) is 0 Å². The highest BCUT2D eigenvalue weighted by Crippen LogP contribution is 1.48. The summed E-state index contributed by atoms with van der Waals surface area (Å²) in [6, 6.07) is 0. The second-order valence-electron chi connectivity index (χ2n) is 1.83. The van der Waals surface area contributed by atoms with Crippen LogP contribution in [0, 0.1) is 110 Å². The monoisotopic (exact) mass is 268 g/mol. The molecular formula is C21H16. The molecule has 0 saturated carbocycles. The zero-order valence-corrected chi connectivity index (χ0v) is 11.5. The van der Waals surface area contributed by atoms with E-state index in [1.165, 1.54) is 0 Å². The van der Waals surface area contributed by atoms with Gasteiger partial charge in [-0.2, -0.15) is 0 Å². The van der Waals surface area contributed by atoms with Crippen LogP contribution in [-0.2, 0) is 0 Å². The molecule has 0 fully saturated rings. The van der Waals surface area contributed by atoms with Crippen molar-refractivity contribution in [2.24, 2.45) is 0 Å². The van der Waals surface area contributed by atoms with Crippen LogP contribution in [0.25, 0.3) is 0 Å². The van der Waals surface area contributed by atoms with Gasteiger partial charge in [-0.05, 0) is 73.1 Å². The van der Waals surface area contributed by atoms with Crippen LogP contribution < -0.4 is 0 Å². The number of hydrogen-bond acceptors (Lipinski definition) is 0. The fourth-order valence-electron chi connectivity index (χ4n) is 0.274. The van der Waals surface area contributed by atoms with E-state index in [0.29, 0.717) is 0 Å². The Morgan fingerprint density at radius 3 is 0.952 bits per heavy atom. The van der Waals surface area contributed by atoms with Gasteiger partial charge in [0, 0.05) is 0 Å². The number of terminal acetylenes is 5. The van der Waals surface area contributed by atoms with Crippen LogP contribution in [0.5, 0.6) is 0 Å². The minimum atomic E-state index is 0. The maximum absolute atomic E-state index is 4.78. The van der Waals surface area contributed by atoms with Gasteiger partial charge in [-0.1, -0.05) is 19.3 Å². The van der Waals surface area contributed by atoms with Gasteiger partial charge in [-0.25, -0.2) is 0 Å². The second kappa shape index (κ2) is 56.1. The molecule has 0 aromatic heterocycles. The first kappa shape index (κ1) is 30.2. The van der Waals surface area contributed by atoms with Gasteiger partial charge in [0.1, 0.15) is 0 Å². The van der Waals surface area contributed by atoms with Crippen LogP contribution in [0.4, 0.5) is 0 Å². The van der Waals surface area contributed by atoms with Crippen LogP contribution in [0.3, 0.4) is 0 Å². The summed E-state index contributed by atoms with van der Waals surface area (Å²) in [5, 5.41) is 0. The van der Waals surface area contributed by atoms with Crippen LogP contribution in [0.15, 0.2) is 0 Å². The average Bonchev–Trinajstić information content (AvgIpc) is 2.50. The summed E-state index contributed by atoms with van der Waals surface area (Å²) in [5.41, 5.74) is 0. The SMILES string of the molecule is C.C#C.C#CC#CC.C#CC#CC#C.C#CC#CC#CC. The van der Waals surface area contributed by atoms with Crippen LogP contribution >= 0.6 is 0 Å². The highest BCUT2D eigenvalue weighted by molar-refractivity contribution is 5.33. The molecule has 0 aromatic carbocycles. The Hall–Kier alpha value is -3.96. The summed E-state index contributed by atoms with van der Waals surface area (Å²) in [7, 11) is 0. The fraction of sp³-hybridized carbons (Fsp3) is 0.143. The van der Waals surface area contributed by atoms with Gasteiger partial charge in [0.15, 0.2) is 0 Å². The summed E-state index contributed by atoms with van der Waals surface area (Å²) in [6.07, 6.45) is 26.9. The summed E-state index contributed by atoms with van der Waals surface area (Å²) in [4.78, 5) is 0. The molecule has 0 saturated heterocycles. The first-order chi connectivity index (χ1) is 9.74.